The molecule has 0 radical (unpaired) electrons. The van der Waals surface area contributed by atoms with Crippen LogP contribution in [-0.4, -0.2) is 11.6 Å². The van der Waals surface area contributed by atoms with Crippen LogP contribution < -0.4 is 0 Å². The van der Waals surface area contributed by atoms with Crippen LogP contribution in [0.25, 0.3) is 11.1 Å². The number of ether oxygens (including phenoxy) is 1. The molecule has 0 fully saturated rings. The van der Waals surface area contributed by atoms with Crippen molar-refractivity contribution in [1.82, 2.24) is 0 Å². The Balaban J connectivity index is 2.18. The van der Waals surface area contributed by atoms with Crippen LogP contribution in [0.1, 0.15) is 36.7 Å². The summed E-state index contributed by atoms with van der Waals surface area (Å²) in [5.74, 6) is 2.28. The first-order chi connectivity index (χ1) is 9.89. The molecule has 0 saturated carbocycles. The molecule has 0 atom stereocenters. The Labute approximate surface area is 125 Å². The standard InChI is InChI=1S/C19H18O2/c1-5-14-6-8-15(9-7-14)16-10-12-17(13-11-16)18(20)21-19(2,3)4/h1,6-13H,2-4H3. The number of carbonyl (C=O) groups is 1. The fraction of sp³-hybridized carbons (Fsp3) is 0.211. The first kappa shape index (κ1) is 14.9. The molecular weight excluding hydrogens is 260 g/mol. The van der Waals surface area contributed by atoms with Gasteiger partial charge in [-0.25, -0.2) is 4.79 Å². The predicted molar refractivity (Wildman–Crippen MR) is 85.0 cm³/mol. The minimum atomic E-state index is -0.485. The van der Waals surface area contributed by atoms with E-state index in [0.717, 1.165) is 16.7 Å². The molecule has 2 rings (SSSR count). The first-order valence-electron chi connectivity index (χ1n) is 6.79. The fourth-order valence-corrected chi connectivity index (χ4v) is 1.89. The minimum Gasteiger partial charge on any atom is -0.456 e. The van der Waals surface area contributed by atoms with Crippen molar-refractivity contribution in [3.8, 4) is 23.5 Å². The lowest BCUT2D eigenvalue weighted by Crippen LogP contribution is -2.23. The lowest BCUT2D eigenvalue weighted by molar-refractivity contribution is 0.00696. The van der Waals surface area contributed by atoms with E-state index in [4.69, 9.17) is 11.2 Å². The van der Waals surface area contributed by atoms with E-state index in [0.29, 0.717) is 5.56 Å². The van der Waals surface area contributed by atoms with Crippen LogP contribution in [0.4, 0.5) is 0 Å². The number of hydrogen-bond donors (Lipinski definition) is 0. The van der Waals surface area contributed by atoms with Crippen molar-refractivity contribution < 1.29 is 9.53 Å². The van der Waals surface area contributed by atoms with Gasteiger partial charge in [0.2, 0.25) is 0 Å². The first-order valence-corrected chi connectivity index (χ1v) is 6.79. The van der Waals surface area contributed by atoms with Crippen LogP contribution >= 0.6 is 0 Å². The monoisotopic (exact) mass is 278 g/mol. The molecule has 0 bridgehead atoms. The molecule has 0 amide bonds. The van der Waals surface area contributed by atoms with Gasteiger partial charge in [0.15, 0.2) is 0 Å². The van der Waals surface area contributed by atoms with Crippen LogP contribution in [0.15, 0.2) is 48.5 Å². The normalized spacial score (nSPS) is 10.8. The molecule has 21 heavy (non-hydrogen) atoms. The molecule has 0 aromatic heterocycles. The highest BCUT2D eigenvalue weighted by Gasteiger charge is 2.17. The zero-order valence-corrected chi connectivity index (χ0v) is 12.5. The smallest absolute Gasteiger partial charge is 0.338 e. The fourth-order valence-electron chi connectivity index (χ4n) is 1.89. The van der Waals surface area contributed by atoms with Gasteiger partial charge in [0.25, 0.3) is 0 Å². The van der Waals surface area contributed by atoms with E-state index < -0.39 is 5.60 Å². The van der Waals surface area contributed by atoms with Crippen LogP contribution in [0.2, 0.25) is 0 Å². The molecule has 0 aliphatic heterocycles. The highest BCUT2D eigenvalue weighted by atomic mass is 16.6. The Morgan fingerprint density at radius 2 is 1.43 bits per heavy atom. The number of terminal acetylenes is 1. The van der Waals surface area contributed by atoms with E-state index in [1.165, 1.54) is 0 Å². The Morgan fingerprint density at radius 3 is 1.86 bits per heavy atom. The summed E-state index contributed by atoms with van der Waals surface area (Å²) in [6, 6.07) is 15.1. The Kier molecular flexibility index (Phi) is 4.14. The molecule has 0 heterocycles. The number of benzene rings is 2. The minimum absolute atomic E-state index is 0.309. The molecule has 2 heteroatoms. The summed E-state index contributed by atoms with van der Waals surface area (Å²) in [7, 11) is 0. The van der Waals surface area contributed by atoms with Gasteiger partial charge in [-0.3, -0.25) is 0 Å². The second-order valence-corrected chi connectivity index (χ2v) is 5.80. The highest BCUT2D eigenvalue weighted by Crippen LogP contribution is 2.21. The molecule has 0 aliphatic rings. The van der Waals surface area contributed by atoms with Gasteiger partial charge in [0, 0.05) is 5.56 Å². The topological polar surface area (TPSA) is 26.3 Å². The average molecular weight is 278 g/mol. The molecule has 0 aliphatic carbocycles. The summed E-state index contributed by atoms with van der Waals surface area (Å²) in [6.45, 7) is 5.56. The zero-order valence-electron chi connectivity index (χ0n) is 12.5. The van der Waals surface area contributed by atoms with Crippen molar-refractivity contribution >= 4 is 5.97 Å². The van der Waals surface area contributed by atoms with Gasteiger partial charge in [-0.2, -0.15) is 0 Å². The zero-order chi connectivity index (χ0) is 15.5. The molecule has 2 aromatic rings. The van der Waals surface area contributed by atoms with Crippen LogP contribution in [-0.2, 0) is 4.74 Å². The Morgan fingerprint density at radius 1 is 0.952 bits per heavy atom. The second kappa shape index (κ2) is 5.85. The quantitative estimate of drug-likeness (QED) is 0.605. The van der Waals surface area contributed by atoms with E-state index in [2.05, 4.69) is 5.92 Å². The predicted octanol–water partition coefficient (Wildman–Crippen LogP) is 4.29. The summed E-state index contributed by atoms with van der Waals surface area (Å²) in [6.07, 6.45) is 5.34. The Hall–Kier alpha value is -2.53. The van der Waals surface area contributed by atoms with E-state index in [-0.39, 0.29) is 5.97 Å². The largest absolute Gasteiger partial charge is 0.456 e. The summed E-state index contributed by atoms with van der Waals surface area (Å²) in [4.78, 5) is 11.9. The van der Waals surface area contributed by atoms with Crippen molar-refractivity contribution in [2.24, 2.45) is 0 Å². The third-order valence-electron chi connectivity index (χ3n) is 2.90. The van der Waals surface area contributed by atoms with Crippen molar-refractivity contribution in [1.29, 1.82) is 0 Å². The number of rotatable bonds is 2. The molecule has 2 aromatic carbocycles. The second-order valence-electron chi connectivity index (χ2n) is 5.80. The molecule has 0 unspecified atom stereocenters. The molecule has 0 saturated heterocycles. The van der Waals surface area contributed by atoms with Crippen molar-refractivity contribution in [3.63, 3.8) is 0 Å². The van der Waals surface area contributed by atoms with Gasteiger partial charge >= 0.3 is 5.97 Å². The van der Waals surface area contributed by atoms with Gasteiger partial charge < -0.3 is 4.74 Å². The molecular formula is C19H18O2. The van der Waals surface area contributed by atoms with Gasteiger partial charge in [0.1, 0.15) is 5.60 Å². The lowest BCUT2D eigenvalue weighted by Gasteiger charge is -2.19. The van der Waals surface area contributed by atoms with Crippen LogP contribution in [0.5, 0.6) is 0 Å². The van der Waals surface area contributed by atoms with Gasteiger partial charge in [-0.15, -0.1) is 6.42 Å². The van der Waals surface area contributed by atoms with E-state index in [1.807, 2.05) is 57.2 Å². The van der Waals surface area contributed by atoms with Gasteiger partial charge in [-0.1, -0.05) is 30.2 Å². The molecule has 0 N–H and O–H groups in total. The summed E-state index contributed by atoms with van der Waals surface area (Å²) in [5.41, 5.74) is 3.01. The van der Waals surface area contributed by atoms with Gasteiger partial charge in [-0.05, 0) is 56.2 Å². The number of esters is 1. The highest BCUT2D eigenvalue weighted by molar-refractivity contribution is 5.90. The molecule has 2 nitrogen and oxygen atoms in total. The maximum absolute atomic E-state index is 11.9. The van der Waals surface area contributed by atoms with Crippen molar-refractivity contribution in [3.05, 3.63) is 59.7 Å². The third-order valence-corrected chi connectivity index (χ3v) is 2.90. The van der Waals surface area contributed by atoms with Crippen LogP contribution in [0, 0.1) is 12.3 Å². The van der Waals surface area contributed by atoms with Crippen molar-refractivity contribution in [2.45, 2.75) is 26.4 Å². The maximum Gasteiger partial charge on any atom is 0.338 e. The summed E-state index contributed by atoms with van der Waals surface area (Å²) in [5, 5.41) is 0. The Bertz CT molecular complexity index is 665. The molecule has 106 valence electrons. The summed E-state index contributed by atoms with van der Waals surface area (Å²) < 4.78 is 5.34. The average Bonchev–Trinajstić information content (AvgIpc) is 2.46. The van der Waals surface area contributed by atoms with E-state index in [9.17, 15) is 4.79 Å². The number of carbonyl (C=O) groups excluding carboxylic acids is 1. The van der Waals surface area contributed by atoms with Crippen molar-refractivity contribution in [2.75, 3.05) is 0 Å². The lowest BCUT2D eigenvalue weighted by atomic mass is 10.0. The summed E-state index contributed by atoms with van der Waals surface area (Å²) >= 11 is 0. The van der Waals surface area contributed by atoms with Gasteiger partial charge in [0.05, 0.1) is 5.56 Å². The van der Waals surface area contributed by atoms with E-state index in [1.54, 1.807) is 12.1 Å². The maximum atomic E-state index is 11.9. The number of hydrogen-bond acceptors (Lipinski definition) is 2. The van der Waals surface area contributed by atoms with Crippen LogP contribution in [0.3, 0.4) is 0 Å². The van der Waals surface area contributed by atoms with E-state index >= 15 is 0 Å². The third kappa shape index (κ3) is 3.97. The SMILES string of the molecule is C#Cc1ccc(-c2ccc(C(=O)OC(C)(C)C)cc2)cc1. The molecule has 0 spiro atoms.